The molecule has 47 heavy (non-hydrogen) atoms. The third-order valence-electron chi connectivity index (χ3n) is 8.47. The van der Waals surface area contributed by atoms with E-state index in [1.54, 1.807) is 17.0 Å². The molecule has 7 rings (SSSR count). The minimum atomic E-state index is -0.942. The van der Waals surface area contributed by atoms with Crippen LogP contribution in [0.2, 0.25) is 0 Å². The number of aromatic nitrogens is 2. The van der Waals surface area contributed by atoms with E-state index in [0.29, 0.717) is 16.9 Å². The van der Waals surface area contributed by atoms with Crippen LogP contribution in [0.15, 0.2) is 103 Å². The van der Waals surface area contributed by atoms with Crippen LogP contribution in [0, 0.1) is 5.82 Å². The smallest absolute Gasteiger partial charge is 0.255 e. The van der Waals surface area contributed by atoms with Gasteiger partial charge in [-0.1, -0.05) is 48.5 Å². The molecule has 5 aromatic rings. The lowest BCUT2D eigenvalue weighted by Gasteiger charge is -2.29. The van der Waals surface area contributed by atoms with Crippen LogP contribution in [0.3, 0.4) is 0 Å². The van der Waals surface area contributed by atoms with Crippen LogP contribution in [-0.2, 0) is 11.3 Å². The van der Waals surface area contributed by atoms with Crippen molar-refractivity contribution in [1.29, 1.82) is 0 Å². The zero-order valence-corrected chi connectivity index (χ0v) is 25.5. The molecular formula is C36H33FN8O2. The van der Waals surface area contributed by atoms with Crippen LogP contribution in [-0.4, -0.2) is 52.9 Å². The molecule has 1 unspecified atom stereocenters. The lowest BCUT2D eigenvalue weighted by molar-refractivity contribution is -0.120. The second-order valence-corrected chi connectivity index (χ2v) is 11.5. The quantitative estimate of drug-likeness (QED) is 0.181. The van der Waals surface area contributed by atoms with Gasteiger partial charge in [-0.2, -0.15) is 4.98 Å². The monoisotopic (exact) mass is 628 g/mol. The third-order valence-corrected chi connectivity index (χ3v) is 8.47. The van der Waals surface area contributed by atoms with Crippen molar-refractivity contribution in [3.05, 3.63) is 126 Å². The second kappa shape index (κ2) is 12.9. The molecule has 0 radical (unpaired) electrons. The van der Waals surface area contributed by atoms with Crippen molar-refractivity contribution in [3.8, 4) is 11.1 Å². The van der Waals surface area contributed by atoms with Crippen LogP contribution in [0.1, 0.15) is 27.5 Å². The van der Waals surface area contributed by atoms with Crippen LogP contribution in [0.5, 0.6) is 0 Å². The molecule has 1 aromatic heterocycles. The number of fused-ring (bicyclic) bond motifs is 1. The Morgan fingerprint density at radius 2 is 1.68 bits per heavy atom. The molecule has 1 atom stereocenters. The number of nitrogen functional groups attached to an aromatic ring is 1. The first-order chi connectivity index (χ1) is 22.9. The SMILES string of the molecule is Nc1nccc(Nc2ccc(NC(=O)C(c3ccccc3)N3Cc4cc(-c5ccc(N6CCNCC6)cc5)ccc4C3=O)cc2F)n1. The number of rotatable bonds is 8. The molecule has 2 amide bonds. The van der Waals surface area contributed by atoms with Gasteiger partial charge in [0.05, 0.1) is 5.69 Å². The lowest BCUT2D eigenvalue weighted by atomic mass is 10.00. The van der Waals surface area contributed by atoms with Gasteiger partial charge in [0.25, 0.3) is 11.8 Å². The predicted molar refractivity (Wildman–Crippen MR) is 181 cm³/mol. The van der Waals surface area contributed by atoms with Gasteiger partial charge in [-0.3, -0.25) is 9.59 Å². The molecule has 10 nitrogen and oxygen atoms in total. The molecule has 0 bridgehead atoms. The summed E-state index contributed by atoms with van der Waals surface area (Å²) in [5.74, 6) is -0.903. The highest BCUT2D eigenvalue weighted by Crippen LogP contribution is 2.35. The molecule has 0 aliphatic carbocycles. The van der Waals surface area contributed by atoms with E-state index in [4.69, 9.17) is 5.73 Å². The van der Waals surface area contributed by atoms with Crippen molar-refractivity contribution in [2.75, 3.05) is 47.4 Å². The summed E-state index contributed by atoms with van der Waals surface area (Å²) in [7, 11) is 0. The van der Waals surface area contributed by atoms with Gasteiger partial charge in [0.1, 0.15) is 17.7 Å². The Morgan fingerprint density at radius 1 is 0.915 bits per heavy atom. The van der Waals surface area contributed by atoms with Crippen molar-refractivity contribution >= 4 is 40.6 Å². The number of carbonyl (C=O) groups excluding carboxylic acids is 2. The maximum absolute atomic E-state index is 15.1. The van der Waals surface area contributed by atoms with Crippen molar-refractivity contribution in [3.63, 3.8) is 0 Å². The molecule has 3 heterocycles. The Labute approximate surface area is 271 Å². The molecule has 1 fully saturated rings. The summed E-state index contributed by atoms with van der Waals surface area (Å²) in [5.41, 5.74) is 11.3. The zero-order valence-electron chi connectivity index (χ0n) is 25.5. The first kappa shape index (κ1) is 29.9. The van der Waals surface area contributed by atoms with Crippen molar-refractivity contribution in [2.45, 2.75) is 12.6 Å². The molecule has 0 saturated carbocycles. The number of anilines is 5. The standard InChI is InChI=1S/C36H33FN8O2/c37-30-21-27(9-13-31(30)42-32-14-15-40-36(38)43-32)41-34(46)33(24-4-2-1-3-5-24)45-22-26-20-25(8-12-29(26)35(45)47)23-6-10-28(11-7-23)44-18-16-39-17-19-44/h1-15,20-21,33,39H,16-19,22H2,(H,41,46)(H3,38,40,42,43). The number of amides is 2. The van der Waals surface area contributed by atoms with Gasteiger partial charge in [0.2, 0.25) is 5.95 Å². The number of carbonyl (C=O) groups is 2. The van der Waals surface area contributed by atoms with Crippen LogP contribution < -0.4 is 26.6 Å². The fraction of sp³-hybridized carbons (Fsp3) is 0.167. The van der Waals surface area contributed by atoms with Gasteiger partial charge in [-0.05, 0) is 70.8 Å². The molecule has 4 aromatic carbocycles. The van der Waals surface area contributed by atoms with E-state index >= 15 is 4.39 Å². The first-order valence-electron chi connectivity index (χ1n) is 15.4. The first-order valence-corrected chi connectivity index (χ1v) is 15.4. The minimum Gasteiger partial charge on any atom is -0.369 e. The van der Waals surface area contributed by atoms with Gasteiger partial charge in [-0.25, -0.2) is 9.37 Å². The predicted octanol–water partition coefficient (Wildman–Crippen LogP) is 5.35. The van der Waals surface area contributed by atoms with E-state index < -0.39 is 17.8 Å². The Kier molecular flexibility index (Phi) is 8.20. The number of hydrogen-bond donors (Lipinski definition) is 4. The summed E-state index contributed by atoms with van der Waals surface area (Å²) in [6.07, 6.45) is 1.46. The highest BCUT2D eigenvalue weighted by Gasteiger charge is 2.37. The molecule has 0 spiro atoms. The van der Waals surface area contributed by atoms with Crippen LogP contribution in [0.4, 0.5) is 33.2 Å². The fourth-order valence-corrected chi connectivity index (χ4v) is 6.11. The molecule has 2 aliphatic heterocycles. The number of nitrogens with zero attached hydrogens (tertiary/aromatic N) is 4. The van der Waals surface area contributed by atoms with Gasteiger partial charge in [0.15, 0.2) is 0 Å². The van der Waals surface area contributed by atoms with Gasteiger partial charge < -0.3 is 31.5 Å². The highest BCUT2D eigenvalue weighted by atomic mass is 19.1. The number of benzene rings is 4. The largest absolute Gasteiger partial charge is 0.369 e. The Balaban J connectivity index is 1.11. The molecule has 1 saturated heterocycles. The second-order valence-electron chi connectivity index (χ2n) is 11.5. The summed E-state index contributed by atoms with van der Waals surface area (Å²) >= 11 is 0. The lowest BCUT2D eigenvalue weighted by Crippen LogP contribution is -2.43. The summed E-state index contributed by atoms with van der Waals surface area (Å²) in [6.45, 7) is 4.16. The normalized spacial score (nSPS) is 14.9. The Morgan fingerprint density at radius 3 is 2.43 bits per heavy atom. The summed E-state index contributed by atoms with van der Waals surface area (Å²) in [6, 6.07) is 28.3. The van der Waals surface area contributed by atoms with E-state index in [0.717, 1.165) is 42.9 Å². The van der Waals surface area contributed by atoms with E-state index in [9.17, 15) is 9.59 Å². The maximum atomic E-state index is 15.1. The highest BCUT2D eigenvalue weighted by molar-refractivity contribution is 6.04. The van der Waals surface area contributed by atoms with Crippen molar-refractivity contribution in [2.24, 2.45) is 0 Å². The number of nitrogens with one attached hydrogen (secondary N) is 3. The van der Waals surface area contributed by atoms with Crippen molar-refractivity contribution in [1.82, 2.24) is 20.2 Å². The van der Waals surface area contributed by atoms with Gasteiger partial charge in [-0.15, -0.1) is 0 Å². The summed E-state index contributed by atoms with van der Waals surface area (Å²) in [4.78, 5) is 39.5. The zero-order chi connectivity index (χ0) is 32.3. The third kappa shape index (κ3) is 6.34. The van der Waals surface area contributed by atoms with Crippen LogP contribution in [0.25, 0.3) is 11.1 Å². The number of halogens is 1. The molecule has 5 N–H and O–H groups in total. The molecule has 11 heteroatoms. The molecule has 236 valence electrons. The van der Waals surface area contributed by atoms with Gasteiger partial charge in [0, 0.05) is 55.9 Å². The van der Waals surface area contributed by atoms with E-state index in [1.165, 1.54) is 24.0 Å². The maximum Gasteiger partial charge on any atom is 0.255 e. The van der Waals surface area contributed by atoms with Gasteiger partial charge >= 0.3 is 0 Å². The average Bonchev–Trinajstić information content (AvgIpc) is 3.41. The number of piperazine rings is 1. The van der Waals surface area contributed by atoms with E-state index in [2.05, 4.69) is 55.1 Å². The summed E-state index contributed by atoms with van der Waals surface area (Å²) in [5, 5.41) is 9.06. The number of hydrogen-bond acceptors (Lipinski definition) is 8. The summed E-state index contributed by atoms with van der Waals surface area (Å²) < 4.78 is 15.1. The number of nitrogens with two attached hydrogens (primary N) is 1. The Hall–Kier alpha value is -5.81. The minimum absolute atomic E-state index is 0.0566. The van der Waals surface area contributed by atoms with Crippen molar-refractivity contribution < 1.29 is 14.0 Å². The van der Waals surface area contributed by atoms with Crippen LogP contribution >= 0.6 is 0 Å². The Bertz CT molecular complexity index is 1930. The van der Waals surface area contributed by atoms with E-state index in [1.807, 2.05) is 48.5 Å². The average molecular weight is 629 g/mol. The topological polar surface area (TPSA) is 129 Å². The molecular weight excluding hydrogens is 595 g/mol. The fourth-order valence-electron chi connectivity index (χ4n) is 6.11. The van der Waals surface area contributed by atoms with E-state index in [-0.39, 0.29) is 29.8 Å². The molecule has 2 aliphatic rings.